The zero-order valence-electron chi connectivity index (χ0n) is 12.2. The van der Waals surface area contributed by atoms with Crippen molar-refractivity contribution >= 4 is 0 Å². The van der Waals surface area contributed by atoms with Gasteiger partial charge in [-0.1, -0.05) is 13.8 Å². The van der Waals surface area contributed by atoms with Gasteiger partial charge in [0.05, 0.1) is 30.1 Å². The topological polar surface area (TPSA) is 47.0 Å². The Hall–Kier alpha value is -1.00. The molecule has 0 fully saturated rings. The molecule has 0 aliphatic heterocycles. The molecule has 0 radical (unpaired) electrons. The first-order valence-corrected chi connectivity index (χ1v) is 6.76. The highest BCUT2D eigenvalue weighted by Crippen LogP contribution is 2.18. The lowest BCUT2D eigenvalue weighted by molar-refractivity contribution is 0.0611. The normalized spacial score (nSPS) is 13.0. The number of likely N-dealkylation sites (N-methyl/N-ethyl adjacent to an activating group) is 1. The quantitative estimate of drug-likeness (QED) is 0.808. The van der Waals surface area contributed by atoms with Crippen molar-refractivity contribution < 1.29 is 4.74 Å². The maximum absolute atomic E-state index is 5.74. The minimum atomic E-state index is 0.196. The largest absolute Gasteiger partial charge is 0.377 e. The standard InChI is InChI=1S/C14H25N3O/c1-6-13-12(8-11(5)16-17-13)14(15-7-2)9-18-10(3)4/h8,10,14-15H,6-7,9H2,1-5H3. The zero-order chi connectivity index (χ0) is 13.5. The summed E-state index contributed by atoms with van der Waals surface area (Å²) >= 11 is 0. The SMILES string of the molecule is CCNC(COC(C)C)c1cc(C)nnc1CC. The highest BCUT2D eigenvalue weighted by molar-refractivity contribution is 5.25. The first-order chi connectivity index (χ1) is 8.58. The first-order valence-electron chi connectivity index (χ1n) is 6.76. The summed E-state index contributed by atoms with van der Waals surface area (Å²) in [5.74, 6) is 0. The molecule has 0 spiro atoms. The molecule has 18 heavy (non-hydrogen) atoms. The lowest BCUT2D eigenvalue weighted by Crippen LogP contribution is -2.28. The second-order valence-corrected chi connectivity index (χ2v) is 4.73. The zero-order valence-corrected chi connectivity index (χ0v) is 12.2. The molecule has 1 N–H and O–H groups in total. The molecule has 1 aromatic heterocycles. The highest BCUT2D eigenvalue weighted by atomic mass is 16.5. The van der Waals surface area contributed by atoms with Crippen molar-refractivity contribution in [3.8, 4) is 0 Å². The number of ether oxygens (including phenoxy) is 1. The molecule has 1 unspecified atom stereocenters. The fourth-order valence-corrected chi connectivity index (χ4v) is 1.90. The van der Waals surface area contributed by atoms with Gasteiger partial charge in [-0.15, -0.1) is 0 Å². The van der Waals surface area contributed by atoms with Crippen LogP contribution in [0.3, 0.4) is 0 Å². The van der Waals surface area contributed by atoms with E-state index in [4.69, 9.17) is 4.74 Å². The molecule has 0 aliphatic carbocycles. The Bertz CT molecular complexity index is 366. The van der Waals surface area contributed by atoms with E-state index in [1.807, 2.05) is 6.92 Å². The van der Waals surface area contributed by atoms with Gasteiger partial charge in [0.25, 0.3) is 0 Å². The van der Waals surface area contributed by atoms with Crippen molar-refractivity contribution in [1.82, 2.24) is 15.5 Å². The van der Waals surface area contributed by atoms with Crippen molar-refractivity contribution in [3.63, 3.8) is 0 Å². The Morgan fingerprint density at radius 2 is 2.00 bits per heavy atom. The van der Waals surface area contributed by atoms with Gasteiger partial charge in [0, 0.05) is 0 Å². The smallest absolute Gasteiger partial charge is 0.0677 e. The van der Waals surface area contributed by atoms with E-state index in [-0.39, 0.29) is 12.1 Å². The summed E-state index contributed by atoms with van der Waals surface area (Å²) in [6.07, 6.45) is 1.14. The van der Waals surface area contributed by atoms with Crippen LogP contribution in [0.5, 0.6) is 0 Å². The third-order valence-electron chi connectivity index (χ3n) is 2.78. The third-order valence-corrected chi connectivity index (χ3v) is 2.78. The minimum absolute atomic E-state index is 0.196. The second-order valence-electron chi connectivity index (χ2n) is 4.73. The van der Waals surface area contributed by atoms with Crippen LogP contribution in [-0.4, -0.2) is 29.5 Å². The van der Waals surface area contributed by atoms with Gasteiger partial charge in [-0.3, -0.25) is 0 Å². The van der Waals surface area contributed by atoms with E-state index in [0.717, 1.165) is 24.4 Å². The van der Waals surface area contributed by atoms with Gasteiger partial charge in [-0.25, -0.2) is 0 Å². The number of hydrogen-bond donors (Lipinski definition) is 1. The molecule has 0 aliphatic rings. The van der Waals surface area contributed by atoms with Gasteiger partial charge in [0.1, 0.15) is 0 Å². The number of aryl methyl sites for hydroxylation is 2. The summed E-state index contributed by atoms with van der Waals surface area (Å²) in [5.41, 5.74) is 3.22. The van der Waals surface area contributed by atoms with Crippen molar-refractivity contribution in [2.45, 2.75) is 53.2 Å². The Labute approximate surface area is 110 Å². The van der Waals surface area contributed by atoms with E-state index in [1.54, 1.807) is 0 Å². The molecule has 1 atom stereocenters. The molecule has 0 bridgehead atoms. The fourth-order valence-electron chi connectivity index (χ4n) is 1.90. The molecular weight excluding hydrogens is 226 g/mol. The number of aromatic nitrogens is 2. The maximum atomic E-state index is 5.74. The Morgan fingerprint density at radius 1 is 1.28 bits per heavy atom. The summed E-state index contributed by atoms with van der Waals surface area (Å²) < 4.78 is 5.74. The van der Waals surface area contributed by atoms with Crippen LogP contribution in [0.15, 0.2) is 6.07 Å². The molecule has 0 saturated heterocycles. The van der Waals surface area contributed by atoms with Crippen molar-refractivity contribution in [2.24, 2.45) is 0 Å². The summed E-state index contributed by atoms with van der Waals surface area (Å²) in [5, 5.41) is 11.9. The Balaban J connectivity index is 2.92. The molecular formula is C14H25N3O. The number of nitrogens with zero attached hydrogens (tertiary/aromatic N) is 2. The number of hydrogen-bond acceptors (Lipinski definition) is 4. The van der Waals surface area contributed by atoms with Gasteiger partial charge >= 0.3 is 0 Å². The molecule has 1 heterocycles. The van der Waals surface area contributed by atoms with E-state index in [2.05, 4.69) is 49.3 Å². The molecule has 0 saturated carbocycles. The Kier molecular flexibility index (Phi) is 6.22. The third kappa shape index (κ3) is 4.35. The van der Waals surface area contributed by atoms with Crippen LogP contribution in [0.1, 0.15) is 50.7 Å². The second kappa shape index (κ2) is 7.44. The van der Waals surface area contributed by atoms with E-state index >= 15 is 0 Å². The molecule has 0 aromatic carbocycles. The van der Waals surface area contributed by atoms with Crippen LogP contribution in [0.25, 0.3) is 0 Å². The lowest BCUT2D eigenvalue weighted by Gasteiger charge is -2.21. The van der Waals surface area contributed by atoms with E-state index in [0.29, 0.717) is 6.61 Å². The van der Waals surface area contributed by atoms with E-state index in [1.165, 1.54) is 5.56 Å². The number of rotatable bonds is 7. The van der Waals surface area contributed by atoms with Gasteiger partial charge in [0.15, 0.2) is 0 Å². The van der Waals surface area contributed by atoms with Gasteiger partial charge in [0.2, 0.25) is 0 Å². The van der Waals surface area contributed by atoms with Gasteiger partial charge < -0.3 is 10.1 Å². The molecule has 0 amide bonds. The van der Waals surface area contributed by atoms with Crippen molar-refractivity contribution in [1.29, 1.82) is 0 Å². The molecule has 4 heteroatoms. The van der Waals surface area contributed by atoms with Crippen LogP contribution in [0.2, 0.25) is 0 Å². The van der Waals surface area contributed by atoms with E-state index in [9.17, 15) is 0 Å². The lowest BCUT2D eigenvalue weighted by atomic mass is 10.0. The van der Waals surface area contributed by atoms with E-state index < -0.39 is 0 Å². The molecule has 1 rings (SSSR count). The predicted molar refractivity (Wildman–Crippen MR) is 73.7 cm³/mol. The van der Waals surface area contributed by atoms with Gasteiger partial charge in [-0.2, -0.15) is 10.2 Å². The minimum Gasteiger partial charge on any atom is -0.377 e. The van der Waals surface area contributed by atoms with Crippen LogP contribution >= 0.6 is 0 Å². The van der Waals surface area contributed by atoms with Crippen LogP contribution in [-0.2, 0) is 11.2 Å². The maximum Gasteiger partial charge on any atom is 0.0677 e. The number of nitrogens with one attached hydrogen (secondary N) is 1. The average Bonchev–Trinajstić information content (AvgIpc) is 2.34. The first kappa shape index (κ1) is 15.1. The fraction of sp³-hybridized carbons (Fsp3) is 0.714. The summed E-state index contributed by atoms with van der Waals surface area (Å²) in [4.78, 5) is 0. The predicted octanol–water partition coefficient (Wildman–Crippen LogP) is 2.42. The van der Waals surface area contributed by atoms with Crippen LogP contribution < -0.4 is 5.32 Å². The Morgan fingerprint density at radius 3 is 2.56 bits per heavy atom. The van der Waals surface area contributed by atoms with Crippen molar-refractivity contribution in [2.75, 3.05) is 13.2 Å². The van der Waals surface area contributed by atoms with Gasteiger partial charge in [-0.05, 0) is 45.4 Å². The molecule has 4 nitrogen and oxygen atoms in total. The molecule has 102 valence electrons. The average molecular weight is 251 g/mol. The van der Waals surface area contributed by atoms with Crippen LogP contribution in [0, 0.1) is 6.92 Å². The monoisotopic (exact) mass is 251 g/mol. The molecule has 1 aromatic rings. The summed E-state index contributed by atoms with van der Waals surface area (Å²) in [7, 11) is 0. The summed E-state index contributed by atoms with van der Waals surface area (Å²) in [6.45, 7) is 11.9. The highest BCUT2D eigenvalue weighted by Gasteiger charge is 2.16. The van der Waals surface area contributed by atoms with Crippen LogP contribution in [0.4, 0.5) is 0 Å². The summed E-state index contributed by atoms with van der Waals surface area (Å²) in [6, 6.07) is 2.31. The van der Waals surface area contributed by atoms with Crippen molar-refractivity contribution in [3.05, 3.63) is 23.0 Å².